The van der Waals surface area contributed by atoms with Crippen LogP contribution in [0.3, 0.4) is 0 Å². The maximum absolute atomic E-state index is 6.03. The molecule has 1 unspecified atom stereocenters. The van der Waals surface area contributed by atoms with Crippen molar-refractivity contribution in [2.24, 2.45) is 5.73 Å². The average Bonchev–Trinajstić information content (AvgIpc) is 2.12. The second-order valence-electron chi connectivity index (χ2n) is 4.91. The molecule has 0 aromatic carbocycles. The van der Waals surface area contributed by atoms with Gasteiger partial charge in [0.25, 0.3) is 0 Å². The summed E-state index contributed by atoms with van der Waals surface area (Å²) in [5.74, 6) is 0. The number of methoxy groups -OCH3 is 1. The van der Waals surface area contributed by atoms with Gasteiger partial charge in [-0.15, -0.1) is 6.58 Å². The van der Waals surface area contributed by atoms with Gasteiger partial charge >= 0.3 is 0 Å². The van der Waals surface area contributed by atoms with Gasteiger partial charge in [-0.05, 0) is 27.2 Å². The van der Waals surface area contributed by atoms with Crippen LogP contribution in [-0.2, 0) is 4.74 Å². The van der Waals surface area contributed by atoms with Gasteiger partial charge in [0.2, 0.25) is 0 Å². The Morgan fingerprint density at radius 3 is 2.47 bits per heavy atom. The second kappa shape index (κ2) is 6.99. The Morgan fingerprint density at radius 2 is 2.07 bits per heavy atom. The van der Waals surface area contributed by atoms with Gasteiger partial charge in [0.1, 0.15) is 0 Å². The molecule has 0 rings (SSSR count). The van der Waals surface area contributed by atoms with E-state index >= 15 is 0 Å². The summed E-state index contributed by atoms with van der Waals surface area (Å²) in [5.41, 5.74) is 6.17. The first-order valence-corrected chi connectivity index (χ1v) is 5.52. The quantitative estimate of drug-likeness (QED) is 0.655. The summed E-state index contributed by atoms with van der Waals surface area (Å²) < 4.78 is 5.02. The van der Waals surface area contributed by atoms with Crippen LogP contribution in [0.1, 0.15) is 27.2 Å². The number of hydrogen-bond donors (Lipinski definition) is 1. The summed E-state index contributed by atoms with van der Waals surface area (Å²) >= 11 is 0. The molecule has 0 aliphatic heterocycles. The Labute approximate surface area is 94.3 Å². The molecule has 0 spiro atoms. The van der Waals surface area contributed by atoms with E-state index < -0.39 is 0 Å². The summed E-state index contributed by atoms with van der Waals surface area (Å²) in [7, 11) is 1.71. The monoisotopic (exact) mass is 214 g/mol. The number of nitrogens with two attached hydrogens (primary N) is 1. The third kappa shape index (κ3) is 6.66. The predicted molar refractivity (Wildman–Crippen MR) is 66.0 cm³/mol. The van der Waals surface area contributed by atoms with Gasteiger partial charge < -0.3 is 10.5 Å². The Kier molecular flexibility index (Phi) is 6.81. The van der Waals surface area contributed by atoms with Crippen LogP contribution in [0.4, 0.5) is 0 Å². The average molecular weight is 214 g/mol. The molecule has 0 radical (unpaired) electrons. The lowest BCUT2D eigenvalue weighted by atomic mass is 10.0. The maximum atomic E-state index is 6.03. The molecule has 0 aliphatic rings. The van der Waals surface area contributed by atoms with Gasteiger partial charge in [0.05, 0.1) is 0 Å². The van der Waals surface area contributed by atoms with E-state index in [9.17, 15) is 0 Å². The van der Waals surface area contributed by atoms with E-state index in [2.05, 4.69) is 32.3 Å². The van der Waals surface area contributed by atoms with Crippen LogP contribution in [0.25, 0.3) is 0 Å². The minimum atomic E-state index is 0.138. The van der Waals surface area contributed by atoms with Crippen LogP contribution in [0, 0.1) is 0 Å². The minimum Gasteiger partial charge on any atom is -0.385 e. The first-order chi connectivity index (χ1) is 6.91. The molecule has 0 heterocycles. The number of ether oxygens (including phenoxy) is 1. The summed E-state index contributed by atoms with van der Waals surface area (Å²) in [6.45, 7) is 12.9. The van der Waals surface area contributed by atoms with Crippen LogP contribution >= 0.6 is 0 Å². The van der Waals surface area contributed by atoms with Crippen LogP contribution in [0.15, 0.2) is 12.7 Å². The van der Waals surface area contributed by atoms with Gasteiger partial charge in [-0.1, -0.05) is 6.08 Å². The lowest BCUT2D eigenvalue weighted by Crippen LogP contribution is -2.48. The molecule has 0 amide bonds. The first-order valence-electron chi connectivity index (χ1n) is 5.52. The van der Waals surface area contributed by atoms with Crippen molar-refractivity contribution in [1.82, 2.24) is 4.90 Å². The molecule has 0 fully saturated rings. The number of hydrogen-bond acceptors (Lipinski definition) is 3. The summed E-state index contributed by atoms with van der Waals surface area (Å²) in [6, 6.07) is 0.170. The molecule has 3 heteroatoms. The van der Waals surface area contributed by atoms with Crippen molar-refractivity contribution in [2.75, 3.05) is 26.8 Å². The van der Waals surface area contributed by atoms with Crippen molar-refractivity contribution in [2.45, 2.75) is 38.8 Å². The fraction of sp³-hybridized carbons (Fsp3) is 0.833. The zero-order chi connectivity index (χ0) is 11.9. The normalized spacial score (nSPS) is 14.3. The van der Waals surface area contributed by atoms with Crippen molar-refractivity contribution in [3.05, 3.63) is 12.7 Å². The Bertz CT molecular complexity index is 175. The van der Waals surface area contributed by atoms with Gasteiger partial charge in [0, 0.05) is 38.4 Å². The van der Waals surface area contributed by atoms with Gasteiger partial charge in [0.15, 0.2) is 0 Å². The molecule has 0 saturated heterocycles. The standard InChI is InChI=1S/C12H26N2O/c1-6-8-14(12(2,3)4)10-11(13)7-9-15-5/h6,11H,1,7-10,13H2,2-5H3. The van der Waals surface area contributed by atoms with E-state index in [0.29, 0.717) is 0 Å². The SMILES string of the molecule is C=CCN(CC(N)CCOC)C(C)(C)C. The lowest BCUT2D eigenvalue weighted by Gasteiger charge is -2.36. The highest BCUT2D eigenvalue weighted by molar-refractivity contribution is 4.85. The highest BCUT2D eigenvalue weighted by atomic mass is 16.5. The molecule has 15 heavy (non-hydrogen) atoms. The molecule has 3 nitrogen and oxygen atoms in total. The van der Waals surface area contributed by atoms with Crippen molar-refractivity contribution in [3.63, 3.8) is 0 Å². The minimum absolute atomic E-state index is 0.138. The van der Waals surface area contributed by atoms with E-state index in [-0.39, 0.29) is 11.6 Å². The molecular weight excluding hydrogens is 188 g/mol. The largest absolute Gasteiger partial charge is 0.385 e. The summed E-state index contributed by atoms with van der Waals surface area (Å²) in [5, 5.41) is 0. The summed E-state index contributed by atoms with van der Waals surface area (Å²) in [4.78, 5) is 2.33. The van der Waals surface area contributed by atoms with Crippen LogP contribution < -0.4 is 5.73 Å². The van der Waals surface area contributed by atoms with Crippen molar-refractivity contribution >= 4 is 0 Å². The van der Waals surface area contributed by atoms with E-state index in [1.807, 2.05) is 6.08 Å². The fourth-order valence-corrected chi connectivity index (χ4v) is 1.42. The van der Waals surface area contributed by atoms with Crippen LogP contribution in [-0.4, -0.2) is 43.3 Å². The van der Waals surface area contributed by atoms with E-state index in [1.54, 1.807) is 7.11 Å². The molecule has 0 bridgehead atoms. The second-order valence-corrected chi connectivity index (χ2v) is 4.91. The van der Waals surface area contributed by atoms with Crippen LogP contribution in [0.2, 0.25) is 0 Å². The highest BCUT2D eigenvalue weighted by Crippen LogP contribution is 2.13. The Hall–Kier alpha value is -0.380. The molecule has 0 aliphatic carbocycles. The van der Waals surface area contributed by atoms with Crippen LogP contribution in [0.5, 0.6) is 0 Å². The molecule has 1 atom stereocenters. The highest BCUT2D eigenvalue weighted by Gasteiger charge is 2.21. The van der Waals surface area contributed by atoms with Crippen molar-refractivity contribution in [3.8, 4) is 0 Å². The van der Waals surface area contributed by atoms with Gasteiger partial charge in [-0.25, -0.2) is 0 Å². The van der Waals surface area contributed by atoms with Crippen molar-refractivity contribution in [1.29, 1.82) is 0 Å². The fourth-order valence-electron chi connectivity index (χ4n) is 1.42. The molecule has 0 aromatic rings. The third-order valence-corrected chi connectivity index (χ3v) is 2.45. The Balaban J connectivity index is 4.10. The first kappa shape index (κ1) is 14.6. The topological polar surface area (TPSA) is 38.5 Å². The molecule has 2 N–H and O–H groups in total. The van der Waals surface area contributed by atoms with Gasteiger partial charge in [-0.2, -0.15) is 0 Å². The molecule has 0 aromatic heterocycles. The van der Waals surface area contributed by atoms with E-state index in [4.69, 9.17) is 10.5 Å². The Morgan fingerprint density at radius 1 is 1.47 bits per heavy atom. The van der Waals surface area contributed by atoms with Crippen molar-refractivity contribution < 1.29 is 4.74 Å². The van der Waals surface area contributed by atoms with E-state index in [0.717, 1.165) is 26.1 Å². The third-order valence-electron chi connectivity index (χ3n) is 2.45. The smallest absolute Gasteiger partial charge is 0.0477 e. The predicted octanol–water partition coefficient (Wildman–Crippen LogP) is 1.64. The maximum Gasteiger partial charge on any atom is 0.0477 e. The van der Waals surface area contributed by atoms with Gasteiger partial charge in [-0.3, -0.25) is 4.90 Å². The number of nitrogens with zero attached hydrogens (tertiary/aromatic N) is 1. The summed E-state index contributed by atoms with van der Waals surface area (Å²) in [6.07, 6.45) is 2.83. The molecule has 0 saturated carbocycles. The van der Waals surface area contributed by atoms with E-state index in [1.165, 1.54) is 0 Å². The zero-order valence-electron chi connectivity index (χ0n) is 10.6. The number of rotatable bonds is 7. The molecule has 90 valence electrons. The zero-order valence-corrected chi connectivity index (χ0v) is 10.6. The molecular formula is C12H26N2O. The lowest BCUT2D eigenvalue weighted by molar-refractivity contribution is 0.129.